The van der Waals surface area contributed by atoms with Gasteiger partial charge in [-0.25, -0.2) is 4.68 Å². The van der Waals surface area contributed by atoms with Gasteiger partial charge < -0.3 is 4.74 Å². The van der Waals surface area contributed by atoms with E-state index in [9.17, 15) is 0 Å². The molecule has 0 spiro atoms. The lowest BCUT2D eigenvalue weighted by Gasteiger charge is -2.18. The van der Waals surface area contributed by atoms with Gasteiger partial charge in [0.2, 0.25) is 0 Å². The maximum atomic E-state index is 5.28. The van der Waals surface area contributed by atoms with Crippen molar-refractivity contribution in [3.05, 3.63) is 41.7 Å². The fourth-order valence-corrected chi connectivity index (χ4v) is 2.22. The first-order chi connectivity index (χ1) is 8.97. The average molecular weight is 276 g/mol. The first-order valence-corrected chi connectivity index (χ1v) is 7.46. The molecule has 3 nitrogen and oxygen atoms in total. The van der Waals surface area contributed by atoms with E-state index in [0.29, 0.717) is 0 Å². The third-order valence-electron chi connectivity index (χ3n) is 3.36. The summed E-state index contributed by atoms with van der Waals surface area (Å²) in [5.41, 5.74) is 3.26. The van der Waals surface area contributed by atoms with E-state index in [1.165, 1.54) is 0 Å². The molecule has 1 aromatic heterocycles. The van der Waals surface area contributed by atoms with E-state index in [4.69, 9.17) is 4.74 Å². The zero-order chi connectivity index (χ0) is 14.0. The van der Waals surface area contributed by atoms with Crippen LogP contribution >= 0.6 is 11.8 Å². The Kier molecular flexibility index (Phi) is 3.90. The molecule has 1 heterocycles. The van der Waals surface area contributed by atoms with Gasteiger partial charge in [0.05, 0.1) is 23.2 Å². The van der Waals surface area contributed by atoms with Crippen LogP contribution in [0.1, 0.15) is 25.1 Å². The summed E-state index contributed by atoms with van der Waals surface area (Å²) in [4.78, 5) is 0. The van der Waals surface area contributed by atoms with Crippen LogP contribution in [0.25, 0.3) is 5.69 Å². The molecule has 2 rings (SSSR count). The van der Waals surface area contributed by atoms with Crippen LogP contribution < -0.4 is 4.74 Å². The van der Waals surface area contributed by atoms with Crippen molar-refractivity contribution in [2.45, 2.75) is 25.5 Å². The van der Waals surface area contributed by atoms with Crippen molar-refractivity contribution in [2.75, 3.05) is 13.4 Å². The Hall–Kier alpha value is -1.42. The number of nitrogens with zero attached hydrogens (tertiary/aromatic N) is 2. The highest BCUT2D eigenvalue weighted by Crippen LogP contribution is 2.32. The van der Waals surface area contributed by atoms with Gasteiger partial charge >= 0.3 is 0 Å². The second-order valence-corrected chi connectivity index (χ2v) is 6.44. The smallest absolute Gasteiger partial charge is 0.121 e. The number of hydrogen-bond acceptors (Lipinski definition) is 3. The highest BCUT2D eigenvalue weighted by atomic mass is 32.2. The third kappa shape index (κ3) is 2.78. The minimum Gasteiger partial charge on any atom is -0.496 e. The number of benzene rings is 1. The van der Waals surface area contributed by atoms with Gasteiger partial charge in [0.1, 0.15) is 5.75 Å². The predicted octanol–water partition coefficient (Wildman–Crippen LogP) is 3.79. The van der Waals surface area contributed by atoms with Crippen molar-refractivity contribution in [2.24, 2.45) is 0 Å². The fourth-order valence-electron chi connectivity index (χ4n) is 1.90. The molecule has 4 heteroatoms. The highest BCUT2D eigenvalue weighted by molar-refractivity contribution is 7.99. The number of thioether (sulfide) groups is 1. The van der Waals surface area contributed by atoms with E-state index >= 15 is 0 Å². The fraction of sp³-hybridized carbons (Fsp3) is 0.400. The maximum absolute atomic E-state index is 5.28. The molecule has 19 heavy (non-hydrogen) atoms. The summed E-state index contributed by atoms with van der Waals surface area (Å²) >= 11 is 1.80. The molecule has 0 radical (unpaired) electrons. The lowest BCUT2D eigenvalue weighted by molar-refractivity contribution is 0.411. The summed E-state index contributed by atoms with van der Waals surface area (Å²) in [6.07, 6.45) is 4.12. The summed E-state index contributed by atoms with van der Waals surface area (Å²) < 4.78 is 7.23. The Morgan fingerprint density at radius 1 is 1.26 bits per heavy atom. The average Bonchev–Trinajstić information content (AvgIpc) is 2.89. The number of hydrogen-bond donors (Lipinski definition) is 0. The minimum absolute atomic E-state index is 0.0345. The standard InChI is InChI=1S/C15H20N2OS/c1-11-10-12(6-7-13(11)18-4)17-9-8-14(16-17)15(2,3)19-5/h6-10H,1-5H3. The van der Waals surface area contributed by atoms with E-state index in [1.54, 1.807) is 18.9 Å². The van der Waals surface area contributed by atoms with Crippen molar-refractivity contribution in [1.82, 2.24) is 9.78 Å². The van der Waals surface area contributed by atoms with Crippen LogP contribution in [0.5, 0.6) is 5.75 Å². The molecule has 2 aromatic rings. The molecule has 0 saturated carbocycles. The minimum atomic E-state index is 0.0345. The van der Waals surface area contributed by atoms with Gasteiger partial charge in [-0.3, -0.25) is 0 Å². The Morgan fingerprint density at radius 2 is 2.00 bits per heavy atom. The van der Waals surface area contributed by atoms with Crippen molar-refractivity contribution in [1.29, 1.82) is 0 Å². The van der Waals surface area contributed by atoms with Gasteiger partial charge in [0.25, 0.3) is 0 Å². The van der Waals surface area contributed by atoms with Crippen molar-refractivity contribution in [3.63, 3.8) is 0 Å². The van der Waals surface area contributed by atoms with E-state index in [2.05, 4.69) is 37.3 Å². The van der Waals surface area contributed by atoms with Crippen LogP contribution in [0.2, 0.25) is 0 Å². The van der Waals surface area contributed by atoms with Crippen LogP contribution in [-0.2, 0) is 4.75 Å². The molecular weight excluding hydrogens is 256 g/mol. The van der Waals surface area contributed by atoms with Crippen LogP contribution in [0, 0.1) is 6.92 Å². The van der Waals surface area contributed by atoms with Crippen molar-refractivity contribution >= 4 is 11.8 Å². The van der Waals surface area contributed by atoms with E-state index in [0.717, 1.165) is 22.7 Å². The zero-order valence-corrected chi connectivity index (χ0v) is 12.9. The molecule has 0 N–H and O–H groups in total. The van der Waals surface area contributed by atoms with Crippen LogP contribution in [0.3, 0.4) is 0 Å². The van der Waals surface area contributed by atoms with Crippen LogP contribution in [0.15, 0.2) is 30.5 Å². The molecule has 0 aliphatic carbocycles. The number of aryl methyl sites for hydroxylation is 1. The van der Waals surface area contributed by atoms with Crippen molar-refractivity contribution < 1.29 is 4.74 Å². The van der Waals surface area contributed by atoms with Gasteiger partial charge in [-0.05, 0) is 56.9 Å². The van der Waals surface area contributed by atoms with Gasteiger partial charge in [-0.2, -0.15) is 16.9 Å². The second kappa shape index (κ2) is 5.29. The molecule has 0 aliphatic heterocycles. The molecule has 0 aliphatic rings. The molecule has 0 atom stereocenters. The molecule has 102 valence electrons. The van der Waals surface area contributed by atoms with E-state index in [-0.39, 0.29) is 4.75 Å². The van der Waals surface area contributed by atoms with E-state index in [1.807, 2.05) is 29.9 Å². The molecule has 0 bridgehead atoms. The Bertz CT molecular complexity index is 575. The zero-order valence-electron chi connectivity index (χ0n) is 12.1. The van der Waals surface area contributed by atoms with Crippen LogP contribution in [0.4, 0.5) is 0 Å². The first-order valence-electron chi connectivity index (χ1n) is 6.24. The quantitative estimate of drug-likeness (QED) is 0.850. The van der Waals surface area contributed by atoms with Crippen molar-refractivity contribution in [3.8, 4) is 11.4 Å². The lowest BCUT2D eigenvalue weighted by atomic mass is 10.1. The number of aromatic nitrogens is 2. The van der Waals surface area contributed by atoms with Gasteiger partial charge in [-0.15, -0.1) is 0 Å². The Morgan fingerprint density at radius 3 is 2.58 bits per heavy atom. The summed E-state index contributed by atoms with van der Waals surface area (Å²) in [5.74, 6) is 0.903. The largest absolute Gasteiger partial charge is 0.496 e. The third-order valence-corrected chi connectivity index (χ3v) is 4.59. The SMILES string of the molecule is COc1ccc(-n2ccc(C(C)(C)SC)n2)cc1C. The Labute approximate surface area is 119 Å². The van der Waals surface area contributed by atoms with E-state index < -0.39 is 0 Å². The lowest BCUT2D eigenvalue weighted by Crippen LogP contribution is -2.12. The summed E-state index contributed by atoms with van der Waals surface area (Å²) in [6.45, 7) is 6.41. The second-order valence-electron chi connectivity index (χ2n) is 5.01. The molecule has 0 fully saturated rings. The molecule has 0 saturated heterocycles. The summed E-state index contributed by atoms with van der Waals surface area (Å²) in [6, 6.07) is 8.16. The first kappa shape index (κ1) is 14.0. The normalized spacial score (nSPS) is 11.6. The number of methoxy groups -OCH3 is 1. The van der Waals surface area contributed by atoms with Gasteiger partial charge in [0, 0.05) is 6.20 Å². The Balaban J connectivity index is 2.36. The predicted molar refractivity (Wildman–Crippen MR) is 81.4 cm³/mol. The number of rotatable bonds is 4. The summed E-state index contributed by atoms with van der Waals surface area (Å²) in [7, 11) is 1.69. The van der Waals surface area contributed by atoms with Crippen LogP contribution in [-0.4, -0.2) is 23.1 Å². The molecule has 0 unspecified atom stereocenters. The molecular formula is C15H20N2OS. The van der Waals surface area contributed by atoms with Gasteiger partial charge in [-0.1, -0.05) is 0 Å². The highest BCUT2D eigenvalue weighted by Gasteiger charge is 2.22. The number of ether oxygens (including phenoxy) is 1. The van der Waals surface area contributed by atoms with Gasteiger partial charge in [0.15, 0.2) is 0 Å². The molecule has 1 aromatic carbocycles. The topological polar surface area (TPSA) is 27.1 Å². The summed E-state index contributed by atoms with van der Waals surface area (Å²) in [5, 5.41) is 4.67. The maximum Gasteiger partial charge on any atom is 0.121 e. The monoisotopic (exact) mass is 276 g/mol. The molecule has 0 amide bonds.